The molecule has 0 bridgehead atoms. The fourth-order valence-corrected chi connectivity index (χ4v) is 5.44. The van der Waals surface area contributed by atoms with Gasteiger partial charge in [-0.25, -0.2) is 0 Å². The molecule has 0 unspecified atom stereocenters. The Morgan fingerprint density at radius 2 is 1.05 bits per heavy atom. The second-order valence-corrected chi connectivity index (χ2v) is 12.2. The van der Waals surface area contributed by atoms with E-state index in [1.54, 1.807) is 6.07 Å². The third-order valence-corrected chi connectivity index (χ3v) is 7.82. The van der Waals surface area contributed by atoms with E-state index in [2.05, 4.69) is 11.1 Å². The summed E-state index contributed by atoms with van der Waals surface area (Å²) in [5.41, 5.74) is 0.783. The number of benzene rings is 1. The summed E-state index contributed by atoms with van der Waals surface area (Å²) in [6.45, 7) is 2.21. The Morgan fingerprint density at radius 1 is 0.641 bits per heavy atom. The van der Waals surface area contributed by atoms with Crippen LogP contribution < -0.4 is 4.18 Å². The molecule has 0 heterocycles. The third kappa shape index (κ3) is 21.1. The van der Waals surface area contributed by atoms with Crippen molar-refractivity contribution in [3.05, 3.63) is 23.8 Å². The molecule has 0 aliphatic carbocycles. The fraction of sp³-hybridized carbons (Fsp3) is 0.806. The van der Waals surface area contributed by atoms with Crippen molar-refractivity contribution in [1.82, 2.24) is 0 Å². The van der Waals surface area contributed by atoms with E-state index in [0.717, 1.165) is 69.4 Å². The monoisotopic (exact) mass is 572 g/mol. The van der Waals surface area contributed by atoms with Gasteiger partial charge in [-0.2, -0.15) is 8.42 Å². The summed E-state index contributed by atoms with van der Waals surface area (Å²) in [4.78, 5) is 0. The van der Waals surface area contributed by atoms with Crippen LogP contribution in [0.1, 0.15) is 147 Å². The maximum atomic E-state index is 10.8. The maximum Gasteiger partial charge on any atom is 0.446 e. The molecule has 1 aromatic carbocycles. The second-order valence-electron chi connectivity index (χ2n) is 11.2. The molecule has 0 spiro atoms. The molecule has 8 heteroatoms. The van der Waals surface area contributed by atoms with E-state index in [1.807, 2.05) is 0 Å². The van der Waals surface area contributed by atoms with Crippen LogP contribution in [0.25, 0.3) is 0 Å². The van der Waals surface area contributed by atoms with E-state index in [4.69, 9.17) is 4.55 Å². The molecule has 0 amide bonds. The van der Waals surface area contributed by atoms with Crippen molar-refractivity contribution < 1.29 is 32.5 Å². The molecular weight excluding hydrogens is 516 g/mol. The first-order valence-electron chi connectivity index (χ1n) is 15.6. The van der Waals surface area contributed by atoms with Crippen LogP contribution in [-0.2, 0) is 16.8 Å². The standard InChI is InChI=1S/C31H56O7S/c1-2-3-4-5-16-19-22-30(33)31(34)23-20-17-14-12-10-8-6-7-9-11-13-15-18-21-27-24-28(32)26-29(25-27)38-39(35,36)37/h24-26,30-34H,2-23H2,1H3,(H,35,36,37)/t30-,31+/m1/s1. The number of hydrogen-bond acceptors (Lipinski definition) is 6. The van der Waals surface area contributed by atoms with Gasteiger partial charge >= 0.3 is 10.4 Å². The smallest absolute Gasteiger partial charge is 0.446 e. The lowest BCUT2D eigenvalue weighted by Crippen LogP contribution is -2.25. The Balaban J connectivity index is 1.90. The molecule has 0 saturated heterocycles. The average Bonchev–Trinajstić information content (AvgIpc) is 2.86. The van der Waals surface area contributed by atoms with Crippen LogP contribution >= 0.6 is 0 Å². The Kier molecular flexibility index (Phi) is 20.4. The predicted molar refractivity (Wildman–Crippen MR) is 159 cm³/mol. The molecule has 1 rings (SSSR count). The number of phenolic OH excluding ortho intramolecular Hbond substituents is 1. The van der Waals surface area contributed by atoms with Gasteiger partial charge in [0.2, 0.25) is 0 Å². The van der Waals surface area contributed by atoms with E-state index < -0.39 is 22.6 Å². The number of rotatable bonds is 26. The summed E-state index contributed by atoms with van der Waals surface area (Å²) in [7, 11) is -4.60. The van der Waals surface area contributed by atoms with Gasteiger partial charge in [0.15, 0.2) is 0 Å². The predicted octanol–water partition coefficient (Wildman–Crippen LogP) is 8.05. The Morgan fingerprint density at radius 3 is 1.49 bits per heavy atom. The zero-order valence-electron chi connectivity index (χ0n) is 24.4. The summed E-state index contributed by atoms with van der Waals surface area (Å²) in [5, 5.41) is 30.0. The molecule has 228 valence electrons. The van der Waals surface area contributed by atoms with Crippen molar-refractivity contribution in [3.8, 4) is 11.5 Å². The van der Waals surface area contributed by atoms with Crippen molar-refractivity contribution >= 4 is 10.4 Å². The third-order valence-electron chi connectivity index (χ3n) is 7.42. The lowest BCUT2D eigenvalue weighted by atomic mass is 9.99. The number of aromatic hydroxyl groups is 1. The normalized spacial score (nSPS) is 13.4. The van der Waals surface area contributed by atoms with E-state index in [0.29, 0.717) is 6.42 Å². The summed E-state index contributed by atoms with van der Waals surface area (Å²) in [6.07, 6.45) is 23.6. The van der Waals surface area contributed by atoms with Crippen molar-refractivity contribution in [2.45, 2.75) is 160 Å². The molecule has 0 fully saturated rings. The van der Waals surface area contributed by atoms with Gasteiger partial charge in [0, 0.05) is 6.07 Å². The minimum atomic E-state index is -4.60. The van der Waals surface area contributed by atoms with Gasteiger partial charge in [-0.1, -0.05) is 122 Å². The highest BCUT2D eigenvalue weighted by Crippen LogP contribution is 2.24. The van der Waals surface area contributed by atoms with E-state index in [-0.39, 0.29) is 11.5 Å². The highest BCUT2D eigenvalue weighted by molar-refractivity contribution is 7.81. The first kappa shape index (κ1) is 35.7. The number of unbranched alkanes of at least 4 members (excludes halogenated alkanes) is 17. The quantitative estimate of drug-likeness (QED) is 0.0654. The van der Waals surface area contributed by atoms with Crippen LogP contribution in [0.4, 0.5) is 0 Å². The van der Waals surface area contributed by atoms with Gasteiger partial charge in [0.25, 0.3) is 0 Å². The van der Waals surface area contributed by atoms with E-state index in [9.17, 15) is 23.7 Å². The molecule has 0 aliphatic rings. The SMILES string of the molecule is CCCCCCCC[C@@H](O)[C@@H](O)CCCCCCCCCCCCCCCc1cc(O)cc(OS(=O)(=O)O)c1. The molecule has 0 saturated carbocycles. The molecule has 39 heavy (non-hydrogen) atoms. The van der Waals surface area contributed by atoms with E-state index >= 15 is 0 Å². The van der Waals surface area contributed by atoms with E-state index in [1.165, 1.54) is 83.1 Å². The number of phenols is 1. The van der Waals surface area contributed by atoms with Crippen LogP contribution in [0.15, 0.2) is 18.2 Å². The van der Waals surface area contributed by atoms with Gasteiger partial charge in [0.05, 0.1) is 12.2 Å². The van der Waals surface area contributed by atoms with Gasteiger partial charge in [-0.3, -0.25) is 4.55 Å². The van der Waals surface area contributed by atoms with Crippen LogP contribution in [0.3, 0.4) is 0 Å². The Hall–Kier alpha value is -1.35. The highest BCUT2D eigenvalue weighted by atomic mass is 32.3. The van der Waals surface area contributed by atoms with Crippen molar-refractivity contribution in [2.75, 3.05) is 0 Å². The first-order chi connectivity index (χ1) is 18.7. The maximum absolute atomic E-state index is 10.8. The number of hydrogen-bond donors (Lipinski definition) is 4. The van der Waals surface area contributed by atoms with Crippen LogP contribution in [0, 0.1) is 0 Å². The zero-order valence-corrected chi connectivity index (χ0v) is 25.2. The summed E-state index contributed by atoms with van der Waals surface area (Å²) in [6, 6.07) is 4.27. The van der Waals surface area contributed by atoms with Gasteiger partial charge in [-0.05, 0) is 43.4 Å². The fourth-order valence-electron chi connectivity index (χ4n) is 5.10. The highest BCUT2D eigenvalue weighted by Gasteiger charge is 2.15. The number of aliphatic hydroxyl groups excluding tert-OH is 2. The van der Waals surface area contributed by atoms with Crippen LogP contribution in [0.2, 0.25) is 0 Å². The van der Waals surface area contributed by atoms with Crippen LogP contribution in [-0.4, -0.2) is 40.5 Å². The number of aliphatic hydroxyl groups is 2. The lowest BCUT2D eigenvalue weighted by molar-refractivity contribution is 0.00712. The molecule has 0 aliphatic heterocycles. The molecule has 0 aromatic heterocycles. The Bertz CT molecular complexity index is 828. The first-order valence-corrected chi connectivity index (χ1v) is 16.9. The minimum absolute atomic E-state index is 0.0831. The summed E-state index contributed by atoms with van der Waals surface area (Å²) in [5.74, 6) is -0.168. The summed E-state index contributed by atoms with van der Waals surface area (Å²) < 4.78 is 34.9. The van der Waals surface area contributed by atoms with Gasteiger partial charge in [-0.15, -0.1) is 0 Å². The zero-order chi connectivity index (χ0) is 28.8. The van der Waals surface area contributed by atoms with Crippen molar-refractivity contribution in [3.63, 3.8) is 0 Å². The molecule has 1 aromatic rings. The second kappa shape index (κ2) is 22.4. The van der Waals surface area contributed by atoms with Crippen molar-refractivity contribution in [2.24, 2.45) is 0 Å². The van der Waals surface area contributed by atoms with Crippen LogP contribution in [0.5, 0.6) is 11.5 Å². The molecule has 2 atom stereocenters. The summed E-state index contributed by atoms with van der Waals surface area (Å²) >= 11 is 0. The molecule has 4 N–H and O–H groups in total. The molecule has 7 nitrogen and oxygen atoms in total. The minimum Gasteiger partial charge on any atom is -0.508 e. The Labute approximate surface area is 238 Å². The van der Waals surface area contributed by atoms with Gasteiger partial charge < -0.3 is 19.5 Å². The lowest BCUT2D eigenvalue weighted by Gasteiger charge is -2.17. The van der Waals surface area contributed by atoms with Crippen molar-refractivity contribution in [1.29, 1.82) is 0 Å². The van der Waals surface area contributed by atoms with Gasteiger partial charge in [0.1, 0.15) is 11.5 Å². The molecule has 0 radical (unpaired) electrons. The largest absolute Gasteiger partial charge is 0.508 e. The number of aryl methyl sites for hydroxylation is 1. The average molecular weight is 573 g/mol. The topological polar surface area (TPSA) is 124 Å². The molecular formula is C31H56O7S.